The van der Waals surface area contributed by atoms with E-state index in [1.807, 2.05) is 0 Å². The maximum absolute atomic E-state index is 11.7. The van der Waals surface area contributed by atoms with Crippen molar-refractivity contribution >= 4 is 35.4 Å². The molecule has 0 atom stereocenters. The van der Waals surface area contributed by atoms with Crippen LogP contribution in [0.4, 0.5) is 0 Å². The number of aromatic amines is 1. The first-order chi connectivity index (χ1) is 13.5. The predicted molar refractivity (Wildman–Crippen MR) is 108 cm³/mol. The van der Waals surface area contributed by atoms with E-state index in [2.05, 4.69) is 15.2 Å². The number of methoxy groups -OCH3 is 2. The van der Waals surface area contributed by atoms with Crippen LogP contribution in [0.25, 0.3) is 17.5 Å². The molecular weight excluding hydrogens is 402 g/mol. The van der Waals surface area contributed by atoms with E-state index in [1.165, 1.54) is 20.3 Å². The van der Waals surface area contributed by atoms with Gasteiger partial charge in [-0.3, -0.25) is 5.10 Å². The van der Waals surface area contributed by atoms with Gasteiger partial charge in [-0.05, 0) is 60.3 Å². The molecule has 0 aliphatic rings. The van der Waals surface area contributed by atoms with Gasteiger partial charge in [0.05, 0.1) is 14.2 Å². The molecule has 0 radical (unpaired) electrons. The third-order valence-corrected chi connectivity index (χ3v) is 4.85. The van der Waals surface area contributed by atoms with Crippen molar-refractivity contribution in [2.45, 2.75) is 5.16 Å². The first-order valence-electron chi connectivity index (χ1n) is 8.03. The average Bonchev–Trinajstić information content (AvgIpc) is 3.16. The highest BCUT2D eigenvalue weighted by molar-refractivity contribution is 8.04. The monoisotopic (exact) mass is 417 g/mol. The van der Waals surface area contributed by atoms with Gasteiger partial charge in [-0.1, -0.05) is 11.6 Å². The summed E-state index contributed by atoms with van der Waals surface area (Å²) in [6.07, 6.45) is 1.49. The summed E-state index contributed by atoms with van der Waals surface area (Å²) in [4.78, 5) is 16.1. The maximum Gasteiger partial charge on any atom is 0.342 e. The van der Waals surface area contributed by atoms with Gasteiger partial charge in [0.15, 0.2) is 5.82 Å². The fourth-order valence-electron chi connectivity index (χ4n) is 2.36. The van der Waals surface area contributed by atoms with Gasteiger partial charge in [-0.2, -0.15) is 0 Å². The Morgan fingerprint density at radius 1 is 1.18 bits per heavy atom. The molecule has 0 aliphatic carbocycles. The van der Waals surface area contributed by atoms with E-state index in [1.54, 1.807) is 42.5 Å². The van der Waals surface area contributed by atoms with Gasteiger partial charge in [-0.25, -0.2) is 9.78 Å². The molecule has 0 fully saturated rings. The van der Waals surface area contributed by atoms with Gasteiger partial charge in [0, 0.05) is 16.1 Å². The van der Waals surface area contributed by atoms with Crippen LogP contribution in [-0.2, 0) is 4.79 Å². The molecule has 7 nitrogen and oxygen atoms in total. The van der Waals surface area contributed by atoms with Gasteiger partial charge < -0.3 is 14.6 Å². The molecule has 2 N–H and O–H groups in total. The van der Waals surface area contributed by atoms with Gasteiger partial charge in [-0.15, -0.1) is 5.10 Å². The van der Waals surface area contributed by atoms with Crippen molar-refractivity contribution in [2.24, 2.45) is 0 Å². The first-order valence-corrected chi connectivity index (χ1v) is 9.23. The number of carboxylic acids is 1. The average molecular weight is 418 g/mol. The Balaban J connectivity index is 1.89. The van der Waals surface area contributed by atoms with E-state index in [0.29, 0.717) is 27.9 Å². The second-order valence-corrected chi connectivity index (χ2v) is 6.94. The van der Waals surface area contributed by atoms with Crippen LogP contribution >= 0.6 is 23.4 Å². The Labute approximate surface area is 170 Å². The molecule has 0 bridgehead atoms. The zero-order chi connectivity index (χ0) is 20.1. The number of hydrogen-bond donors (Lipinski definition) is 2. The van der Waals surface area contributed by atoms with Crippen LogP contribution in [0.15, 0.2) is 52.5 Å². The first kappa shape index (κ1) is 19.8. The van der Waals surface area contributed by atoms with Crippen LogP contribution in [0.1, 0.15) is 5.56 Å². The number of nitrogens with one attached hydrogen (secondary N) is 1. The molecule has 0 spiro atoms. The highest BCUT2D eigenvalue weighted by Crippen LogP contribution is 2.32. The Morgan fingerprint density at radius 3 is 2.57 bits per heavy atom. The summed E-state index contributed by atoms with van der Waals surface area (Å²) in [7, 11) is 3.05. The minimum atomic E-state index is -1.10. The number of halogens is 1. The smallest absolute Gasteiger partial charge is 0.342 e. The Kier molecular flexibility index (Phi) is 6.23. The molecule has 2 aromatic carbocycles. The fraction of sp³-hybridized carbons (Fsp3) is 0.105. The number of rotatable bonds is 7. The number of hydrogen-bond acceptors (Lipinski definition) is 6. The topological polar surface area (TPSA) is 97.3 Å². The minimum Gasteiger partial charge on any atom is -0.497 e. The SMILES string of the molecule is COc1ccc(OC)c(/C=C(\Sc2n[nH]c(-c3ccc(Cl)cc3)n2)C(=O)O)c1. The summed E-state index contributed by atoms with van der Waals surface area (Å²) >= 11 is 6.82. The molecule has 3 aromatic rings. The maximum atomic E-state index is 11.7. The lowest BCUT2D eigenvalue weighted by Gasteiger charge is -2.08. The van der Waals surface area contributed by atoms with Gasteiger partial charge in [0.25, 0.3) is 0 Å². The van der Waals surface area contributed by atoms with Crippen LogP contribution in [-0.4, -0.2) is 40.5 Å². The summed E-state index contributed by atoms with van der Waals surface area (Å²) < 4.78 is 10.5. The molecule has 0 amide bonds. The number of ether oxygens (including phenoxy) is 2. The number of H-pyrrole nitrogens is 1. The largest absolute Gasteiger partial charge is 0.497 e. The van der Waals surface area contributed by atoms with Crippen molar-refractivity contribution < 1.29 is 19.4 Å². The van der Waals surface area contributed by atoms with Crippen molar-refractivity contribution in [1.82, 2.24) is 15.2 Å². The van der Waals surface area contributed by atoms with Crippen LogP contribution < -0.4 is 9.47 Å². The molecule has 28 heavy (non-hydrogen) atoms. The third-order valence-electron chi connectivity index (χ3n) is 3.72. The molecule has 0 aliphatic heterocycles. The lowest BCUT2D eigenvalue weighted by atomic mass is 10.1. The van der Waals surface area contributed by atoms with Crippen LogP contribution in [0.5, 0.6) is 11.5 Å². The highest BCUT2D eigenvalue weighted by Gasteiger charge is 2.16. The van der Waals surface area contributed by atoms with Crippen molar-refractivity contribution in [3.8, 4) is 22.9 Å². The van der Waals surface area contributed by atoms with E-state index in [4.69, 9.17) is 21.1 Å². The summed E-state index contributed by atoms with van der Waals surface area (Å²) in [5.74, 6) is 0.525. The molecule has 1 heterocycles. The third kappa shape index (κ3) is 4.65. The zero-order valence-corrected chi connectivity index (χ0v) is 16.5. The Bertz CT molecular complexity index is 1020. The predicted octanol–water partition coefficient (Wildman–Crippen LogP) is 4.36. The highest BCUT2D eigenvalue weighted by atomic mass is 35.5. The zero-order valence-electron chi connectivity index (χ0n) is 15.0. The number of thioether (sulfide) groups is 1. The second-order valence-electron chi connectivity index (χ2n) is 5.50. The van der Waals surface area contributed by atoms with Crippen LogP contribution in [0, 0.1) is 0 Å². The molecule has 144 valence electrons. The lowest BCUT2D eigenvalue weighted by molar-refractivity contribution is -0.131. The van der Waals surface area contributed by atoms with E-state index in [-0.39, 0.29) is 10.1 Å². The molecular formula is C19H16ClN3O4S. The number of aromatic nitrogens is 3. The molecule has 0 unspecified atom stereocenters. The summed E-state index contributed by atoms with van der Waals surface area (Å²) in [6.45, 7) is 0. The van der Waals surface area contributed by atoms with Gasteiger partial charge >= 0.3 is 5.97 Å². The number of aliphatic carboxylic acids is 1. The van der Waals surface area contributed by atoms with Crippen molar-refractivity contribution in [1.29, 1.82) is 0 Å². The van der Waals surface area contributed by atoms with Crippen LogP contribution in [0.3, 0.4) is 0 Å². The van der Waals surface area contributed by atoms with Crippen molar-refractivity contribution in [3.63, 3.8) is 0 Å². The molecule has 9 heteroatoms. The number of nitrogens with zero attached hydrogens (tertiary/aromatic N) is 2. The summed E-state index contributed by atoms with van der Waals surface area (Å²) in [5.41, 5.74) is 1.36. The van der Waals surface area contributed by atoms with Gasteiger partial charge in [0.1, 0.15) is 16.4 Å². The second kappa shape index (κ2) is 8.81. The minimum absolute atomic E-state index is 0.0354. The van der Waals surface area contributed by atoms with Crippen molar-refractivity contribution in [3.05, 3.63) is 58.0 Å². The van der Waals surface area contributed by atoms with E-state index in [9.17, 15) is 9.90 Å². The fourth-order valence-corrected chi connectivity index (χ4v) is 3.18. The molecule has 3 rings (SSSR count). The Morgan fingerprint density at radius 2 is 1.93 bits per heavy atom. The quantitative estimate of drug-likeness (QED) is 0.435. The van der Waals surface area contributed by atoms with Crippen molar-refractivity contribution in [2.75, 3.05) is 14.2 Å². The van der Waals surface area contributed by atoms with E-state index >= 15 is 0 Å². The molecule has 1 aromatic heterocycles. The standard InChI is InChI=1S/C19H16ClN3O4S/c1-26-14-7-8-15(27-2)12(9-14)10-16(18(24)25)28-19-21-17(22-23-19)11-3-5-13(20)6-4-11/h3-10H,1-2H3,(H,24,25)(H,21,22,23)/b16-10-. The van der Waals surface area contributed by atoms with Crippen LogP contribution in [0.2, 0.25) is 5.02 Å². The number of carbonyl (C=O) groups is 1. The summed E-state index contributed by atoms with van der Waals surface area (Å²) in [5, 5.41) is 17.4. The molecule has 0 saturated heterocycles. The normalized spacial score (nSPS) is 11.3. The number of carboxylic acid groups (broad SMARTS) is 1. The lowest BCUT2D eigenvalue weighted by Crippen LogP contribution is -1.98. The summed E-state index contributed by atoms with van der Waals surface area (Å²) in [6, 6.07) is 12.2. The van der Waals surface area contributed by atoms with E-state index < -0.39 is 5.97 Å². The van der Waals surface area contributed by atoms with E-state index in [0.717, 1.165) is 17.3 Å². The Hall–Kier alpha value is -2.97. The van der Waals surface area contributed by atoms with Gasteiger partial charge in [0.2, 0.25) is 5.16 Å². The molecule has 0 saturated carbocycles. The number of benzene rings is 2.